The van der Waals surface area contributed by atoms with E-state index >= 15 is 0 Å². The van der Waals surface area contributed by atoms with Gasteiger partial charge < -0.3 is 9.72 Å². The first kappa shape index (κ1) is 15.4. The molecular weight excluding hydrogens is 276 g/mol. The van der Waals surface area contributed by atoms with Crippen LogP contribution >= 0.6 is 11.3 Å². The van der Waals surface area contributed by atoms with Crippen LogP contribution in [0.2, 0.25) is 0 Å². The molecule has 0 amide bonds. The van der Waals surface area contributed by atoms with Crippen LogP contribution in [0.15, 0.2) is 9.00 Å². The van der Waals surface area contributed by atoms with E-state index < -0.39 is 10.0 Å². The van der Waals surface area contributed by atoms with Crippen LogP contribution in [0.1, 0.15) is 19.5 Å². The highest BCUT2D eigenvalue weighted by molar-refractivity contribution is 7.91. The van der Waals surface area contributed by atoms with Crippen LogP contribution in [-0.4, -0.2) is 44.0 Å². The number of hydrogen-bond donors (Lipinski definition) is 1. The molecule has 0 fully saturated rings. The number of aromatic nitrogens is 1. The van der Waals surface area contributed by atoms with Gasteiger partial charge in [0.15, 0.2) is 4.21 Å². The Labute approximate surface area is 111 Å². The normalized spacial score (nSPS) is 12.2. The van der Waals surface area contributed by atoms with Gasteiger partial charge in [0.2, 0.25) is 0 Å². The molecule has 0 unspecified atom stereocenters. The maximum absolute atomic E-state index is 12.3. The summed E-state index contributed by atoms with van der Waals surface area (Å²) >= 11 is 0.723. The number of hydrogen-bond acceptors (Lipinski definition) is 5. The van der Waals surface area contributed by atoms with Crippen molar-refractivity contribution in [2.75, 3.05) is 26.3 Å². The number of nitrogens with one attached hydrogen (secondary N) is 1. The zero-order valence-corrected chi connectivity index (χ0v) is 12.4. The van der Waals surface area contributed by atoms with Crippen LogP contribution in [0, 0.1) is 6.92 Å². The number of H-pyrrole nitrogens is 1. The van der Waals surface area contributed by atoms with Gasteiger partial charge in [-0.2, -0.15) is 4.31 Å². The third kappa shape index (κ3) is 3.41. The van der Waals surface area contributed by atoms with E-state index in [0.29, 0.717) is 25.5 Å². The average Bonchev–Trinajstić information content (AvgIpc) is 2.64. The van der Waals surface area contributed by atoms with Crippen molar-refractivity contribution in [3.63, 3.8) is 0 Å². The van der Waals surface area contributed by atoms with Gasteiger partial charge in [-0.25, -0.2) is 8.42 Å². The molecule has 1 rings (SSSR count). The van der Waals surface area contributed by atoms with Crippen molar-refractivity contribution in [3.05, 3.63) is 15.4 Å². The minimum absolute atomic E-state index is 0.0887. The summed E-state index contributed by atoms with van der Waals surface area (Å²) in [5.41, 5.74) is 0.389. The van der Waals surface area contributed by atoms with E-state index in [4.69, 9.17) is 4.74 Å². The fraction of sp³-hybridized carbons (Fsp3) is 0.700. The number of aryl methyl sites for hydroxylation is 1. The molecule has 0 radical (unpaired) electrons. The van der Waals surface area contributed by atoms with Crippen molar-refractivity contribution in [3.8, 4) is 0 Å². The number of thiazole rings is 1. The molecule has 8 heteroatoms. The Bertz CT molecular complexity index is 532. The molecule has 0 spiro atoms. The van der Waals surface area contributed by atoms with Gasteiger partial charge in [-0.1, -0.05) is 18.3 Å². The Morgan fingerprint density at radius 2 is 2.06 bits per heavy atom. The molecule has 0 aliphatic heterocycles. The molecule has 0 aliphatic rings. The second-order valence-electron chi connectivity index (χ2n) is 3.62. The summed E-state index contributed by atoms with van der Waals surface area (Å²) in [6.07, 6.45) is 0. The van der Waals surface area contributed by atoms with E-state index in [1.807, 2.05) is 6.92 Å². The van der Waals surface area contributed by atoms with Gasteiger partial charge in [0.1, 0.15) is 0 Å². The Morgan fingerprint density at radius 1 is 1.39 bits per heavy atom. The molecule has 0 bridgehead atoms. The number of likely N-dealkylation sites (N-methyl/N-ethyl adjacent to an activating group) is 1. The summed E-state index contributed by atoms with van der Waals surface area (Å²) in [5.74, 6) is 0. The quantitative estimate of drug-likeness (QED) is 0.754. The predicted octanol–water partition coefficient (Wildman–Crippen LogP) is 0.792. The largest absolute Gasteiger partial charge is 0.380 e. The first-order valence-electron chi connectivity index (χ1n) is 5.71. The Kier molecular flexibility index (Phi) is 5.51. The number of sulfonamides is 1. The molecule has 0 aromatic carbocycles. The molecule has 1 heterocycles. The first-order chi connectivity index (χ1) is 8.43. The SMILES string of the molecule is CCOCCN(CC)S(=O)(=O)c1sc(=O)[nH]c1C. The third-order valence-corrected chi connectivity index (χ3v) is 5.95. The molecule has 0 atom stereocenters. The molecular formula is C10H18N2O4S2. The molecule has 18 heavy (non-hydrogen) atoms. The highest BCUT2D eigenvalue weighted by Crippen LogP contribution is 2.20. The molecule has 0 saturated carbocycles. The summed E-state index contributed by atoms with van der Waals surface area (Å²) < 4.78 is 31.2. The van der Waals surface area contributed by atoms with Gasteiger partial charge in [0.05, 0.1) is 6.61 Å². The number of aromatic amines is 1. The van der Waals surface area contributed by atoms with Crippen LogP contribution in [0.25, 0.3) is 0 Å². The van der Waals surface area contributed by atoms with Crippen molar-refractivity contribution in [2.45, 2.75) is 25.0 Å². The summed E-state index contributed by atoms with van der Waals surface area (Å²) in [6, 6.07) is 0. The van der Waals surface area contributed by atoms with E-state index in [-0.39, 0.29) is 15.6 Å². The topological polar surface area (TPSA) is 79.5 Å². The van der Waals surface area contributed by atoms with Crippen LogP contribution in [0.4, 0.5) is 0 Å². The van der Waals surface area contributed by atoms with Crippen LogP contribution < -0.4 is 4.87 Å². The van der Waals surface area contributed by atoms with Crippen molar-refractivity contribution >= 4 is 21.4 Å². The first-order valence-corrected chi connectivity index (χ1v) is 7.96. The van der Waals surface area contributed by atoms with E-state index in [1.54, 1.807) is 13.8 Å². The Morgan fingerprint density at radius 3 is 2.50 bits per heavy atom. The van der Waals surface area contributed by atoms with Crippen molar-refractivity contribution < 1.29 is 13.2 Å². The monoisotopic (exact) mass is 294 g/mol. The molecule has 1 aromatic rings. The number of nitrogens with zero attached hydrogens (tertiary/aromatic N) is 1. The van der Waals surface area contributed by atoms with Gasteiger partial charge in [-0.3, -0.25) is 4.79 Å². The van der Waals surface area contributed by atoms with Crippen molar-refractivity contribution in [1.82, 2.24) is 9.29 Å². The molecule has 1 N–H and O–H groups in total. The van der Waals surface area contributed by atoms with Gasteiger partial charge in [0, 0.05) is 25.4 Å². The van der Waals surface area contributed by atoms with Gasteiger partial charge in [0.25, 0.3) is 10.0 Å². The molecule has 0 aliphatic carbocycles. The van der Waals surface area contributed by atoms with Crippen LogP contribution in [0.5, 0.6) is 0 Å². The van der Waals surface area contributed by atoms with E-state index in [2.05, 4.69) is 4.98 Å². The van der Waals surface area contributed by atoms with Crippen molar-refractivity contribution in [1.29, 1.82) is 0 Å². The predicted molar refractivity (Wildman–Crippen MR) is 70.6 cm³/mol. The van der Waals surface area contributed by atoms with E-state index in [9.17, 15) is 13.2 Å². The lowest BCUT2D eigenvalue weighted by Crippen LogP contribution is -2.33. The average molecular weight is 294 g/mol. The summed E-state index contributed by atoms with van der Waals surface area (Å²) in [6.45, 7) is 6.73. The second kappa shape index (κ2) is 6.46. The summed E-state index contributed by atoms with van der Waals surface area (Å²) in [4.78, 5) is 13.3. The lowest BCUT2D eigenvalue weighted by atomic mass is 10.6. The fourth-order valence-corrected chi connectivity index (χ4v) is 4.38. The smallest absolute Gasteiger partial charge is 0.305 e. The molecule has 1 aromatic heterocycles. The fourth-order valence-electron chi connectivity index (χ4n) is 1.51. The van der Waals surface area contributed by atoms with Crippen LogP contribution in [0.3, 0.4) is 0 Å². The maximum atomic E-state index is 12.3. The molecule has 0 saturated heterocycles. The zero-order chi connectivity index (χ0) is 13.8. The van der Waals surface area contributed by atoms with Gasteiger partial charge in [-0.05, 0) is 13.8 Å². The zero-order valence-electron chi connectivity index (χ0n) is 10.7. The number of rotatable bonds is 7. The Balaban J connectivity index is 2.96. The third-order valence-electron chi connectivity index (χ3n) is 2.40. The number of ether oxygens (including phenoxy) is 1. The minimum atomic E-state index is -3.60. The maximum Gasteiger partial charge on any atom is 0.305 e. The highest BCUT2D eigenvalue weighted by Gasteiger charge is 2.27. The van der Waals surface area contributed by atoms with Gasteiger partial charge in [-0.15, -0.1) is 0 Å². The minimum Gasteiger partial charge on any atom is -0.380 e. The molecule has 104 valence electrons. The molecule has 6 nitrogen and oxygen atoms in total. The lowest BCUT2D eigenvalue weighted by molar-refractivity contribution is 0.135. The standard InChI is InChI=1S/C10H18N2O4S2/c1-4-12(6-7-16-5-2)18(14,15)9-8(3)11-10(13)17-9/h4-7H2,1-3H3,(H,11,13). The summed E-state index contributed by atoms with van der Waals surface area (Å²) in [5, 5.41) is 0. The van der Waals surface area contributed by atoms with E-state index in [1.165, 1.54) is 4.31 Å². The van der Waals surface area contributed by atoms with Gasteiger partial charge >= 0.3 is 4.87 Å². The Hall–Kier alpha value is -0.700. The summed E-state index contributed by atoms with van der Waals surface area (Å²) in [7, 11) is -3.60. The lowest BCUT2D eigenvalue weighted by Gasteiger charge is -2.19. The second-order valence-corrected chi connectivity index (χ2v) is 6.74. The van der Waals surface area contributed by atoms with E-state index in [0.717, 1.165) is 11.3 Å². The van der Waals surface area contributed by atoms with Crippen molar-refractivity contribution in [2.24, 2.45) is 0 Å². The highest BCUT2D eigenvalue weighted by atomic mass is 32.2. The van der Waals surface area contributed by atoms with Crippen LogP contribution in [-0.2, 0) is 14.8 Å².